The van der Waals surface area contributed by atoms with Crippen LogP contribution in [0.3, 0.4) is 0 Å². The second-order valence-electron chi connectivity index (χ2n) is 4.97. The van der Waals surface area contributed by atoms with Crippen LogP contribution in [-0.2, 0) is 16.4 Å². The molecule has 2 aromatic rings. The maximum atomic E-state index is 13.3. The molecule has 0 radical (unpaired) electrons. The molecule has 0 aliphatic carbocycles. The lowest BCUT2D eigenvalue weighted by Gasteiger charge is -2.33. The first-order valence-electron chi connectivity index (χ1n) is 6.45. The summed E-state index contributed by atoms with van der Waals surface area (Å²) in [5.41, 5.74) is 7.40. The fourth-order valence-electron chi connectivity index (χ4n) is 2.47. The molecule has 1 atom stereocenters. The van der Waals surface area contributed by atoms with Gasteiger partial charge in [-0.1, -0.05) is 18.2 Å². The molecule has 2 N–H and O–H groups in total. The van der Waals surface area contributed by atoms with Crippen LogP contribution < -0.4 is 10.0 Å². The van der Waals surface area contributed by atoms with Crippen LogP contribution in [0.25, 0.3) is 0 Å². The van der Waals surface area contributed by atoms with Gasteiger partial charge in [0.05, 0.1) is 11.9 Å². The summed E-state index contributed by atoms with van der Waals surface area (Å²) in [5, 5.41) is 0. The number of anilines is 1. The van der Waals surface area contributed by atoms with Gasteiger partial charge in [0.15, 0.2) is 0 Å². The number of hydrogen-bond acceptors (Lipinski definition) is 4. The smallest absolute Gasteiger partial charge is 0.266 e. The van der Waals surface area contributed by atoms with Gasteiger partial charge in [-0.3, -0.25) is 9.29 Å². The van der Waals surface area contributed by atoms with Gasteiger partial charge in [0, 0.05) is 18.8 Å². The summed E-state index contributed by atoms with van der Waals surface area (Å²) >= 11 is 0. The second-order valence-corrected chi connectivity index (χ2v) is 6.83. The van der Waals surface area contributed by atoms with Crippen LogP contribution in [0.1, 0.15) is 5.56 Å². The highest BCUT2D eigenvalue weighted by Gasteiger charge is 2.32. The van der Waals surface area contributed by atoms with Crippen molar-refractivity contribution in [1.29, 1.82) is 0 Å². The first-order valence-corrected chi connectivity index (χ1v) is 7.89. The number of nitrogens with zero attached hydrogens (tertiary/aromatic N) is 2. The van der Waals surface area contributed by atoms with E-state index in [9.17, 15) is 12.8 Å². The Morgan fingerprint density at radius 2 is 2.05 bits per heavy atom. The molecule has 0 saturated heterocycles. The molecule has 1 unspecified atom stereocenters. The van der Waals surface area contributed by atoms with Gasteiger partial charge >= 0.3 is 0 Å². The van der Waals surface area contributed by atoms with Crippen LogP contribution >= 0.6 is 0 Å². The Hall–Kier alpha value is -1.99. The predicted octanol–water partition coefficient (Wildman–Crippen LogP) is 1.30. The minimum Gasteiger partial charge on any atom is -0.326 e. The van der Waals surface area contributed by atoms with E-state index < -0.39 is 15.8 Å². The molecule has 0 saturated carbocycles. The molecule has 21 heavy (non-hydrogen) atoms. The first kappa shape index (κ1) is 14.0. The monoisotopic (exact) mass is 307 g/mol. The number of rotatable bonds is 2. The van der Waals surface area contributed by atoms with Crippen LogP contribution in [0.4, 0.5) is 10.1 Å². The summed E-state index contributed by atoms with van der Waals surface area (Å²) in [6.45, 7) is 0.163. The van der Waals surface area contributed by atoms with E-state index in [1.165, 1.54) is 4.31 Å². The van der Waals surface area contributed by atoms with Crippen molar-refractivity contribution < 1.29 is 12.8 Å². The maximum absolute atomic E-state index is 13.3. The highest BCUT2D eigenvalue weighted by atomic mass is 32.2. The molecular weight excluding hydrogens is 293 g/mol. The van der Waals surface area contributed by atoms with Gasteiger partial charge in [-0.2, -0.15) is 0 Å². The van der Waals surface area contributed by atoms with E-state index in [0.717, 1.165) is 24.0 Å². The molecular formula is C14H14FN3O2S. The molecule has 110 valence electrons. The number of fused-ring (bicyclic) bond motifs is 1. The van der Waals surface area contributed by atoms with E-state index >= 15 is 0 Å². The first-order chi connectivity index (χ1) is 9.98. The minimum absolute atomic E-state index is 0.163. The summed E-state index contributed by atoms with van der Waals surface area (Å²) in [5.74, 6) is -0.689. The predicted molar refractivity (Wildman–Crippen MR) is 76.8 cm³/mol. The van der Waals surface area contributed by atoms with Crippen molar-refractivity contribution in [2.75, 3.05) is 10.8 Å². The quantitative estimate of drug-likeness (QED) is 0.907. The molecule has 1 aromatic carbocycles. The maximum Gasteiger partial charge on any atom is 0.266 e. The Bertz CT molecular complexity index is 779. The van der Waals surface area contributed by atoms with Crippen LogP contribution in [0.2, 0.25) is 0 Å². The Morgan fingerprint density at radius 3 is 2.81 bits per heavy atom. The van der Waals surface area contributed by atoms with Gasteiger partial charge in [-0.05, 0) is 24.1 Å². The summed E-state index contributed by atoms with van der Waals surface area (Å²) in [6, 6.07) is 7.85. The fourth-order valence-corrected chi connectivity index (χ4v) is 4.01. The number of halogens is 1. The average Bonchev–Trinajstić information content (AvgIpc) is 2.46. The van der Waals surface area contributed by atoms with Crippen molar-refractivity contribution in [3.8, 4) is 0 Å². The molecule has 1 aliphatic heterocycles. The summed E-state index contributed by atoms with van der Waals surface area (Å²) in [6.07, 6.45) is 2.72. The summed E-state index contributed by atoms with van der Waals surface area (Å²) in [4.78, 5) is 3.43. The zero-order valence-electron chi connectivity index (χ0n) is 11.1. The number of pyridine rings is 1. The topological polar surface area (TPSA) is 76.3 Å². The van der Waals surface area contributed by atoms with Crippen molar-refractivity contribution in [3.63, 3.8) is 0 Å². The molecule has 0 amide bonds. The molecule has 0 bridgehead atoms. The number of benzene rings is 1. The van der Waals surface area contributed by atoms with Crippen LogP contribution in [0.5, 0.6) is 0 Å². The van der Waals surface area contributed by atoms with E-state index in [-0.39, 0.29) is 17.5 Å². The molecule has 5 nitrogen and oxygen atoms in total. The van der Waals surface area contributed by atoms with Gasteiger partial charge in [-0.25, -0.2) is 12.8 Å². The highest BCUT2D eigenvalue weighted by Crippen LogP contribution is 2.31. The standard InChI is InChI=1S/C14H14FN3O2S/c15-11-6-13(8-17-7-11)21(19,20)18-9-12(16)5-10-3-1-2-4-14(10)18/h1-4,6-8,12H,5,9,16H2. The van der Waals surface area contributed by atoms with Gasteiger partial charge in [0.2, 0.25) is 0 Å². The summed E-state index contributed by atoms with van der Waals surface area (Å²) in [7, 11) is -3.88. The largest absolute Gasteiger partial charge is 0.326 e. The van der Waals surface area contributed by atoms with Crippen molar-refractivity contribution >= 4 is 15.7 Å². The molecule has 7 heteroatoms. The van der Waals surface area contributed by atoms with E-state index in [4.69, 9.17) is 5.73 Å². The van der Waals surface area contributed by atoms with Crippen molar-refractivity contribution in [1.82, 2.24) is 4.98 Å². The third-order valence-corrected chi connectivity index (χ3v) is 5.16. The SMILES string of the molecule is NC1Cc2ccccc2N(S(=O)(=O)c2cncc(F)c2)C1. The number of para-hydroxylation sites is 1. The van der Waals surface area contributed by atoms with Gasteiger partial charge < -0.3 is 5.73 Å². The number of aromatic nitrogens is 1. The van der Waals surface area contributed by atoms with E-state index in [2.05, 4.69) is 4.98 Å². The second kappa shape index (κ2) is 5.09. The molecule has 0 fully saturated rings. The van der Waals surface area contributed by atoms with Crippen LogP contribution in [-0.4, -0.2) is 26.0 Å². The third kappa shape index (κ3) is 2.50. The summed E-state index contributed by atoms with van der Waals surface area (Å²) < 4.78 is 39.9. The minimum atomic E-state index is -3.88. The van der Waals surface area contributed by atoms with Gasteiger partial charge in [0.1, 0.15) is 10.7 Å². The van der Waals surface area contributed by atoms with Crippen molar-refractivity contribution in [2.45, 2.75) is 17.4 Å². The van der Waals surface area contributed by atoms with Crippen LogP contribution in [0.15, 0.2) is 47.6 Å². The number of hydrogen-bond donors (Lipinski definition) is 1. The Morgan fingerprint density at radius 1 is 1.29 bits per heavy atom. The van der Waals surface area contributed by atoms with Gasteiger partial charge in [0.25, 0.3) is 10.0 Å². The van der Waals surface area contributed by atoms with E-state index in [1.807, 2.05) is 12.1 Å². The van der Waals surface area contributed by atoms with Crippen LogP contribution in [0, 0.1) is 5.82 Å². The Balaban J connectivity index is 2.11. The van der Waals surface area contributed by atoms with Gasteiger partial charge in [-0.15, -0.1) is 0 Å². The normalized spacial score (nSPS) is 18.4. The average molecular weight is 307 g/mol. The number of nitrogens with two attached hydrogens (primary N) is 1. The molecule has 1 aromatic heterocycles. The van der Waals surface area contributed by atoms with Crippen molar-refractivity contribution in [2.24, 2.45) is 5.73 Å². The Labute approximate surface area is 122 Å². The lowest BCUT2D eigenvalue weighted by Crippen LogP contribution is -2.46. The Kier molecular flexibility index (Phi) is 3.38. The number of sulfonamides is 1. The lowest BCUT2D eigenvalue weighted by molar-refractivity contribution is 0.571. The molecule has 0 spiro atoms. The lowest BCUT2D eigenvalue weighted by atomic mass is 10.0. The third-order valence-electron chi connectivity index (χ3n) is 3.41. The highest BCUT2D eigenvalue weighted by molar-refractivity contribution is 7.92. The van der Waals surface area contributed by atoms with E-state index in [1.54, 1.807) is 12.1 Å². The zero-order valence-corrected chi connectivity index (χ0v) is 11.9. The molecule has 1 aliphatic rings. The van der Waals surface area contributed by atoms with Crippen molar-refractivity contribution in [3.05, 3.63) is 54.1 Å². The fraction of sp³-hybridized carbons (Fsp3) is 0.214. The zero-order chi connectivity index (χ0) is 15.0. The van der Waals surface area contributed by atoms with E-state index in [0.29, 0.717) is 12.1 Å². The molecule has 2 heterocycles. The molecule has 3 rings (SSSR count).